The molecule has 34 heavy (non-hydrogen) atoms. The van der Waals surface area contributed by atoms with E-state index in [0.29, 0.717) is 26.3 Å². The van der Waals surface area contributed by atoms with E-state index in [1.807, 2.05) is 24.3 Å². The quantitative estimate of drug-likeness (QED) is 0.307. The van der Waals surface area contributed by atoms with Crippen molar-refractivity contribution in [2.75, 3.05) is 11.9 Å². The SMILES string of the molecule is CCCCc1ccc(NC(=O)CN(Cc2ccc(Cl)c(Cl)c2)S(=O)(=O)c2ccc(Cl)cc2)cc1. The van der Waals surface area contributed by atoms with Crippen LogP contribution in [0.15, 0.2) is 71.6 Å². The van der Waals surface area contributed by atoms with Gasteiger partial charge in [-0.15, -0.1) is 0 Å². The fourth-order valence-corrected chi connectivity index (χ4v) is 5.15. The largest absolute Gasteiger partial charge is 0.325 e. The standard InChI is InChI=1S/C25H25Cl3N2O3S/c1-2-3-4-18-5-10-21(11-6-18)29-25(31)17-30(16-19-7-14-23(27)24(28)15-19)34(32,33)22-12-8-20(26)9-13-22/h5-15H,2-4,16-17H2,1H3,(H,29,31). The molecule has 0 atom stereocenters. The predicted octanol–water partition coefficient (Wildman–Crippen LogP) is 6.82. The molecule has 0 bridgehead atoms. The van der Waals surface area contributed by atoms with Crippen LogP contribution >= 0.6 is 34.8 Å². The second-order valence-corrected chi connectivity index (χ2v) is 11.0. The van der Waals surface area contributed by atoms with Gasteiger partial charge in [0, 0.05) is 17.3 Å². The lowest BCUT2D eigenvalue weighted by atomic mass is 10.1. The van der Waals surface area contributed by atoms with Crippen molar-refractivity contribution >= 4 is 56.4 Å². The van der Waals surface area contributed by atoms with E-state index in [1.54, 1.807) is 18.2 Å². The fourth-order valence-electron chi connectivity index (χ4n) is 3.32. The second-order valence-electron chi connectivity index (χ2n) is 7.82. The number of hydrogen-bond donors (Lipinski definition) is 1. The van der Waals surface area contributed by atoms with Gasteiger partial charge in [0.05, 0.1) is 21.5 Å². The van der Waals surface area contributed by atoms with Gasteiger partial charge in [-0.2, -0.15) is 4.31 Å². The van der Waals surface area contributed by atoms with Gasteiger partial charge in [0.2, 0.25) is 15.9 Å². The smallest absolute Gasteiger partial charge is 0.243 e. The molecule has 1 N–H and O–H groups in total. The highest BCUT2D eigenvalue weighted by Crippen LogP contribution is 2.25. The molecule has 0 aliphatic carbocycles. The van der Waals surface area contributed by atoms with E-state index in [0.717, 1.165) is 23.6 Å². The first kappa shape index (κ1) is 26.5. The average Bonchev–Trinajstić information content (AvgIpc) is 2.81. The summed E-state index contributed by atoms with van der Waals surface area (Å²) in [7, 11) is -4.01. The van der Waals surface area contributed by atoms with Crippen LogP contribution in [-0.4, -0.2) is 25.2 Å². The number of sulfonamides is 1. The van der Waals surface area contributed by atoms with E-state index in [9.17, 15) is 13.2 Å². The van der Waals surface area contributed by atoms with Crippen LogP contribution in [0.3, 0.4) is 0 Å². The number of benzene rings is 3. The molecule has 3 rings (SSSR count). The number of nitrogens with one attached hydrogen (secondary N) is 1. The third-order valence-corrected chi connectivity index (χ3v) is 7.97. The number of aryl methyl sites for hydroxylation is 1. The molecule has 5 nitrogen and oxygen atoms in total. The van der Waals surface area contributed by atoms with Crippen LogP contribution in [0.4, 0.5) is 5.69 Å². The Kier molecular flexibility index (Phi) is 9.39. The number of rotatable bonds is 10. The zero-order chi connectivity index (χ0) is 24.7. The van der Waals surface area contributed by atoms with Gasteiger partial charge < -0.3 is 5.32 Å². The maximum atomic E-state index is 13.4. The summed E-state index contributed by atoms with van der Waals surface area (Å²) >= 11 is 18.0. The highest BCUT2D eigenvalue weighted by molar-refractivity contribution is 7.89. The summed E-state index contributed by atoms with van der Waals surface area (Å²) in [6.07, 6.45) is 3.18. The Hall–Kier alpha value is -2.09. The second kappa shape index (κ2) is 12.0. The molecule has 0 heterocycles. The molecule has 3 aromatic rings. The molecule has 180 valence electrons. The normalized spacial score (nSPS) is 11.6. The molecule has 0 saturated heterocycles. The molecule has 0 radical (unpaired) electrons. The van der Waals surface area contributed by atoms with Gasteiger partial charge in [-0.05, 0) is 72.5 Å². The van der Waals surface area contributed by atoms with E-state index in [1.165, 1.54) is 29.8 Å². The first-order valence-corrected chi connectivity index (χ1v) is 13.3. The van der Waals surface area contributed by atoms with Gasteiger partial charge in [0.25, 0.3) is 0 Å². The molecule has 0 aliphatic rings. The third kappa shape index (κ3) is 7.20. The molecule has 0 spiro atoms. The van der Waals surface area contributed by atoms with Crippen LogP contribution in [0.25, 0.3) is 0 Å². The lowest BCUT2D eigenvalue weighted by Gasteiger charge is -2.22. The number of carbonyl (C=O) groups excluding carboxylic acids is 1. The molecule has 3 aromatic carbocycles. The van der Waals surface area contributed by atoms with Gasteiger partial charge in [-0.3, -0.25) is 4.79 Å². The molecule has 0 saturated carbocycles. The van der Waals surface area contributed by atoms with Gasteiger partial charge >= 0.3 is 0 Å². The van der Waals surface area contributed by atoms with Crippen molar-refractivity contribution in [3.05, 3.63) is 92.9 Å². The highest BCUT2D eigenvalue weighted by Gasteiger charge is 2.27. The van der Waals surface area contributed by atoms with Crippen LogP contribution in [0, 0.1) is 0 Å². The van der Waals surface area contributed by atoms with Crippen molar-refractivity contribution in [3.8, 4) is 0 Å². The molecular weight excluding hydrogens is 515 g/mol. The van der Waals surface area contributed by atoms with Crippen LogP contribution in [0.1, 0.15) is 30.9 Å². The van der Waals surface area contributed by atoms with Crippen molar-refractivity contribution in [2.24, 2.45) is 0 Å². The number of unbranched alkanes of at least 4 members (excludes halogenated alkanes) is 1. The third-order valence-electron chi connectivity index (χ3n) is 5.17. The van der Waals surface area contributed by atoms with Crippen molar-refractivity contribution in [1.82, 2.24) is 4.31 Å². The summed E-state index contributed by atoms with van der Waals surface area (Å²) in [5, 5.41) is 3.85. The summed E-state index contributed by atoms with van der Waals surface area (Å²) in [4.78, 5) is 12.9. The highest BCUT2D eigenvalue weighted by atomic mass is 35.5. The van der Waals surface area contributed by atoms with Crippen LogP contribution < -0.4 is 5.32 Å². The van der Waals surface area contributed by atoms with Gasteiger partial charge in [0.1, 0.15) is 0 Å². The summed E-state index contributed by atoms with van der Waals surface area (Å²) < 4.78 is 27.9. The molecule has 9 heteroatoms. The molecule has 0 unspecified atom stereocenters. The summed E-state index contributed by atoms with van der Waals surface area (Å²) in [6, 6.07) is 18.2. The Morgan fingerprint density at radius 3 is 2.15 bits per heavy atom. The molecule has 0 fully saturated rings. The zero-order valence-electron chi connectivity index (χ0n) is 18.6. The lowest BCUT2D eigenvalue weighted by Crippen LogP contribution is -2.37. The van der Waals surface area contributed by atoms with Crippen molar-refractivity contribution < 1.29 is 13.2 Å². The topological polar surface area (TPSA) is 66.5 Å². The minimum absolute atomic E-state index is 0.0324. The van der Waals surface area contributed by atoms with Crippen LogP contribution in [0.5, 0.6) is 0 Å². The Morgan fingerprint density at radius 1 is 0.882 bits per heavy atom. The Morgan fingerprint density at radius 2 is 1.53 bits per heavy atom. The Balaban J connectivity index is 1.81. The van der Waals surface area contributed by atoms with Crippen molar-refractivity contribution in [2.45, 2.75) is 37.6 Å². The number of amides is 1. The lowest BCUT2D eigenvalue weighted by molar-refractivity contribution is -0.116. The first-order chi connectivity index (χ1) is 16.2. The van der Waals surface area contributed by atoms with Gasteiger partial charge in [-0.25, -0.2) is 8.42 Å². The average molecular weight is 540 g/mol. The maximum Gasteiger partial charge on any atom is 0.243 e. The predicted molar refractivity (Wildman–Crippen MR) is 139 cm³/mol. The Bertz CT molecular complexity index is 1230. The summed E-state index contributed by atoms with van der Waals surface area (Å²) in [6.45, 7) is 1.68. The zero-order valence-corrected chi connectivity index (χ0v) is 21.7. The fraction of sp³-hybridized carbons (Fsp3) is 0.240. The van der Waals surface area contributed by atoms with Crippen molar-refractivity contribution in [1.29, 1.82) is 0 Å². The van der Waals surface area contributed by atoms with E-state index >= 15 is 0 Å². The van der Waals surface area contributed by atoms with E-state index in [2.05, 4.69) is 12.2 Å². The Labute approximate surface area is 215 Å². The number of halogens is 3. The number of hydrogen-bond acceptors (Lipinski definition) is 3. The van der Waals surface area contributed by atoms with E-state index in [-0.39, 0.29) is 18.0 Å². The maximum absolute atomic E-state index is 13.4. The summed E-state index contributed by atoms with van der Waals surface area (Å²) in [5.41, 5.74) is 2.38. The van der Waals surface area contributed by atoms with Crippen LogP contribution in [-0.2, 0) is 27.8 Å². The molecule has 0 aromatic heterocycles. The van der Waals surface area contributed by atoms with E-state index in [4.69, 9.17) is 34.8 Å². The van der Waals surface area contributed by atoms with Gasteiger partial charge in [0.15, 0.2) is 0 Å². The number of carbonyl (C=O) groups is 1. The monoisotopic (exact) mass is 538 g/mol. The number of nitrogens with zero attached hydrogens (tertiary/aromatic N) is 1. The minimum Gasteiger partial charge on any atom is -0.325 e. The minimum atomic E-state index is -4.01. The molecular formula is C25H25Cl3N2O3S. The first-order valence-electron chi connectivity index (χ1n) is 10.8. The van der Waals surface area contributed by atoms with E-state index < -0.39 is 15.9 Å². The summed E-state index contributed by atoms with van der Waals surface area (Å²) in [5.74, 6) is -0.459. The molecule has 0 aliphatic heterocycles. The molecule has 1 amide bonds. The van der Waals surface area contributed by atoms with Gasteiger partial charge in [-0.1, -0.05) is 66.3 Å². The van der Waals surface area contributed by atoms with Crippen molar-refractivity contribution in [3.63, 3.8) is 0 Å². The van der Waals surface area contributed by atoms with Crippen LogP contribution in [0.2, 0.25) is 15.1 Å². The number of anilines is 1.